The van der Waals surface area contributed by atoms with Crippen LogP contribution in [0.3, 0.4) is 0 Å². The lowest BCUT2D eigenvalue weighted by Gasteiger charge is -2.21. The molecule has 0 bridgehead atoms. The van der Waals surface area contributed by atoms with Gasteiger partial charge in [-0.25, -0.2) is 0 Å². The highest BCUT2D eigenvalue weighted by Crippen LogP contribution is 2.12. The van der Waals surface area contributed by atoms with E-state index in [9.17, 15) is 9.59 Å². The van der Waals surface area contributed by atoms with Gasteiger partial charge in [-0.3, -0.25) is 9.59 Å². The minimum Gasteiger partial charge on any atom is -0.380 e. The number of carbonyl (C=O) groups excluding carboxylic acids is 2. The Morgan fingerprint density at radius 2 is 1.32 bits per heavy atom. The molecule has 2 saturated heterocycles. The number of nitrogens with zero attached hydrogens (tertiary/aromatic N) is 2. The lowest BCUT2D eigenvalue weighted by molar-refractivity contribution is -0.132. The molecule has 0 spiro atoms. The van der Waals surface area contributed by atoms with E-state index in [2.05, 4.69) is 0 Å². The van der Waals surface area contributed by atoms with E-state index >= 15 is 0 Å². The Kier molecular flexibility index (Phi) is 7.71. The molecule has 2 fully saturated rings. The van der Waals surface area contributed by atoms with Gasteiger partial charge >= 0.3 is 0 Å². The normalized spacial score (nSPS) is 20.9. The molecule has 0 saturated carbocycles. The van der Waals surface area contributed by atoms with Crippen LogP contribution < -0.4 is 0 Å². The molecule has 2 heterocycles. The topological polar surface area (TPSA) is 49.9 Å². The van der Waals surface area contributed by atoms with Crippen molar-refractivity contribution in [3.63, 3.8) is 0 Å². The molecule has 22 heavy (non-hydrogen) atoms. The highest BCUT2D eigenvalue weighted by atomic mass is 16.5. The molecule has 0 unspecified atom stereocenters. The zero-order chi connectivity index (χ0) is 15.6. The number of likely N-dealkylation sites (tertiary alicyclic amines) is 2. The van der Waals surface area contributed by atoms with Crippen molar-refractivity contribution in [2.45, 2.75) is 57.8 Å². The molecule has 0 aromatic heterocycles. The van der Waals surface area contributed by atoms with Gasteiger partial charge in [0.15, 0.2) is 0 Å². The van der Waals surface area contributed by atoms with Gasteiger partial charge < -0.3 is 14.5 Å². The summed E-state index contributed by atoms with van der Waals surface area (Å²) in [7, 11) is 0. The molecule has 0 aromatic rings. The second-order valence-electron chi connectivity index (χ2n) is 6.35. The van der Waals surface area contributed by atoms with E-state index in [0.717, 1.165) is 58.2 Å². The summed E-state index contributed by atoms with van der Waals surface area (Å²) in [4.78, 5) is 27.6. The first-order valence-corrected chi connectivity index (χ1v) is 8.90. The average Bonchev–Trinajstić information content (AvgIpc) is 2.84. The van der Waals surface area contributed by atoms with Crippen LogP contribution in [0.1, 0.15) is 57.8 Å². The Hall–Kier alpha value is -1.10. The van der Waals surface area contributed by atoms with Crippen LogP contribution in [0.5, 0.6) is 0 Å². The Balaban J connectivity index is 1.53. The van der Waals surface area contributed by atoms with Crippen molar-refractivity contribution >= 4 is 11.8 Å². The number of hydrogen-bond donors (Lipinski definition) is 0. The lowest BCUT2D eigenvalue weighted by Crippen LogP contribution is -2.34. The Labute approximate surface area is 134 Å². The fourth-order valence-corrected chi connectivity index (χ4v) is 3.18. The molecular formula is C17H30N2O3. The molecule has 2 aliphatic heterocycles. The Morgan fingerprint density at radius 1 is 0.727 bits per heavy atom. The van der Waals surface area contributed by atoms with Crippen LogP contribution in [-0.2, 0) is 14.3 Å². The number of amides is 2. The molecule has 2 aliphatic rings. The van der Waals surface area contributed by atoms with Crippen LogP contribution >= 0.6 is 0 Å². The van der Waals surface area contributed by atoms with E-state index in [-0.39, 0.29) is 5.91 Å². The molecule has 0 aromatic carbocycles. The predicted molar refractivity (Wildman–Crippen MR) is 85.5 cm³/mol. The maximum atomic E-state index is 11.9. The highest BCUT2D eigenvalue weighted by molar-refractivity contribution is 5.76. The summed E-state index contributed by atoms with van der Waals surface area (Å²) < 4.78 is 5.65. The third-order valence-electron chi connectivity index (χ3n) is 4.57. The zero-order valence-electron chi connectivity index (χ0n) is 13.7. The Morgan fingerprint density at radius 3 is 1.95 bits per heavy atom. The van der Waals surface area contributed by atoms with Gasteiger partial charge in [0.05, 0.1) is 6.61 Å². The van der Waals surface area contributed by atoms with Gasteiger partial charge in [-0.05, 0) is 32.1 Å². The van der Waals surface area contributed by atoms with Crippen LogP contribution in [-0.4, -0.2) is 61.0 Å². The first kappa shape index (κ1) is 17.3. The molecule has 0 aliphatic carbocycles. The zero-order valence-corrected chi connectivity index (χ0v) is 13.7. The van der Waals surface area contributed by atoms with Crippen molar-refractivity contribution in [3.8, 4) is 0 Å². The van der Waals surface area contributed by atoms with Gasteiger partial charge in [0.2, 0.25) is 11.8 Å². The van der Waals surface area contributed by atoms with E-state index < -0.39 is 0 Å². The summed E-state index contributed by atoms with van der Waals surface area (Å²) in [5.41, 5.74) is 0. The van der Waals surface area contributed by atoms with Gasteiger partial charge in [0.25, 0.3) is 0 Å². The number of ether oxygens (including phenoxy) is 1. The summed E-state index contributed by atoms with van der Waals surface area (Å²) >= 11 is 0. The second-order valence-corrected chi connectivity index (χ2v) is 6.35. The van der Waals surface area contributed by atoms with Crippen LogP contribution in [0.2, 0.25) is 0 Å². The summed E-state index contributed by atoms with van der Waals surface area (Å²) in [5.74, 6) is 0.573. The third kappa shape index (κ3) is 5.95. The molecule has 0 N–H and O–H groups in total. The van der Waals surface area contributed by atoms with E-state index in [1.807, 2.05) is 9.80 Å². The van der Waals surface area contributed by atoms with Crippen LogP contribution in [0.4, 0.5) is 0 Å². The number of hydrogen-bond acceptors (Lipinski definition) is 3. The first-order valence-electron chi connectivity index (χ1n) is 8.90. The summed E-state index contributed by atoms with van der Waals surface area (Å²) in [5, 5.41) is 0. The SMILES string of the molecule is O=C1CCCCCN1CCCOCCN1CCCCCC1=O. The predicted octanol–water partition coefficient (Wildman–Crippen LogP) is 2.20. The molecule has 2 amide bonds. The van der Waals surface area contributed by atoms with Crippen LogP contribution in [0, 0.1) is 0 Å². The molecule has 0 radical (unpaired) electrons. The van der Waals surface area contributed by atoms with Gasteiger partial charge in [0.1, 0.15) is 0 Å². The Bertz CT molecular complexity index is 326. The maximum Gasteiger partial charge on any atom is 0.222 e. The molecule has 0 atom stereocenters. The third-order valence-corrected chi connectivity index (χ3v) is 4.57. The first-order chi connectivity index (χ1) is 10.8. The number of carbonyl (C=O) groups is 2. The average molecular weight is 310 g/mol. The largest absolute Gasteiger partial charge is 0.380 e. The fourth-order valence-electron chi connectivity index (χ4n) is 3.18. The maximum absolute atomic E-state index is 11.9. The van der Waals surface area contributed by atoms with Crippen molar-refractivity contribution in [1.82, 2.24) is 9.80 Å². The van der Waals surface area contributed by atoms with Gasteiger partial charge in [-0.15, -0.1) is 0 Å². The number of rotatable bonds is 7. The van der Waals surface area contributed by atoms with Crippen molar-refractivity contribution in [2.24, 2.45) is 0 Å². The van der Waals surface area contributed by atoms with Gasteiger partial charge in [-0.1, -0.05) is 12.8 Å². The van der Waals surface area contributed by atoms with E-state index in [1.54, 1.807) is 0 Å². The van der Waals surface area contributed by atoms with Crippen molar-refractivity contribution in [2.75, 3.05) is 39.4 Å². The monoisotopic (exact) mass is 310 g/mol. The fraction of sp³-hybridized carbons (Fsp3) is 0.882. The van der Waals surface area contributed by atoms with Gasteiger partial charge in [0, 0.05) is 45.6 Å². The molecular weight excluding hydrogens is 280 g/mol. The van der Waals surface area contributed by atoms with Gasteiger partial charge in [-0.2, -0.15) is 0 Å². The van der Waals surface area contributed by atoms with Crippen molar-refractivity contribution in [3.05, 3.63) is 0 Å². The molecule has 5 heteroatoms. The van der Waals surface area contributed by atoms with Crippen LogP contribution in [0.25, 0.3) is 0 Å². The molecule has 2 rings (SSSR count). The van der Waals surface area contributed by atoms with Crippen LogP contribution in [0.15, 0.2) is 0 Å². The molecule has 126 valence electrons. The molecule has 5 nitrogen and oxygen atoms in total. The van der Waals surface area contributed by atoms with E-state index in [1.165, 1.54) is 6.42 Å². The minimum absolute atomic E-state index is 0.274. The summed E-state index contributed by atoms with van der Waals surface area (Å²) in [6.45, 7) is 4.58. The van der Waals surface area contributed by atoms with Crippen molar-refractivity contribution < 1.29 is 14.3 Å². The smallest absolute Gasteiger partial charge is 0.222 e. The minimum atomic E-state index is 0.274. The second kappa shape index (κ2) is 9.82. The summed E-state index contributed by atoms with van der Waals surface area (Å²) in [6, 6.07) is 0. The standard InChI is InChI=1S/C17H30N2O3/c20-16-8-3-1-5-10-18(16)12-7-14-22-15-13-19-11-6-2-4-9-17(19)21/h1-15H2. The van der Waals surface area contributed by atoms with Crippen molar-refractivity contribution in [1.29, 1.82) is 0 Å². The van der Waals surface area contributed by atoms with E-state index in [0.29, 0.717) is 38.5 Å². The highest BCUT2D eigenvalue weighted by Gasteiger charge is 2.17. The lowest BCUT2D eigenvalue weighted by atomic mass is 10.2. The quantitative estimate of drug-likeness (QED) is 0.677. The summed E-state index contributed by atoms with van der Waals surface area (Å²) in [6.07, 6.45) is 8.92. The van der Waals surface area contributed by atoms with E-state index in [4.69, 9.17) is 4.74 Å².